The molecule has 2 aliphatic rings. The first kappa shape index (κ1) is 12.9. The highest BCUT2D eigenvalue weighted by atomic mass is 16.4. The van der Waals surface area contributed by atoms with Gasteiger partial charge >= 0.3 is 5.97 Å². The van der Waals surface area contributed by atoms with Crippen LogP contribution in [0.3, 0.4) is 0 Å². The quantitative estimate of drug-likeness (QED) is 0.820. The number of hydrogen-bond donors (Lipinski definition) is 1. The molecule has 3 nitrogen and oxygen atoms in total. The monoisotopic (exact) mass is 239 g/mol. The Labute approximate surface area is 104 Å². The lowest BCUT2D eigenvalue weighted by molar-refractivity contribution is -0.142. The van der Waals surface area contributed by atoms with Gasteiger partial charge in [0, 0.05) is 6.54 Å². The highest BCUT2D eigenvalue weighted by Gasteiger charge is 2.32. The lowest BCUT2D eigenvalue weighted by Gasteiger charge is -2.32. The molecule has 1 aliphatic carbocycles. The molecule has 0 aromatic carbocycles. The van der Waals surface area contributed by atoms with Crippen molar-refractivity contribution < 1.29 is 9.90 Å². The van der Waals surface area contributed by atoms with E-state index in [9.17, 15) is 4.79 Å². The highest BCUT2D eigenvalue weighted by molar-refractivity contribution is 5.73. The van der Waals surface area contributed by atoms with Crippen molar-refractivity contribution in [3.63, 3.8) is 0 Å². The van der Waals surface area contributed by atoms with Crippen LogP contribution in [0.5, 0.6) is 0 Å². The van der Waals surface area contributed by atoms with E-state index in [-0.39, 0.29) is 6.04 Å². The predicted octanol–water partition coefficient (Wildman–Crippen LogP) is 2.75. The molecule has 1 heterocycles. The number of hydrogen-bond acceptors (Lipinski definition) is 2. The van der Waals surface area contributed by atoms with Crippen LogP contribution in [0.1, 0.15) is 51.9 Å². The maximum absolute atomic E-state index is 11.1. The van der Waals surface area contributed by atoms with Crippen molar-refractivity contribution in [2.24, 2.45) is 11.8 Å². The normalized spacial score (nSPS) is 35.0. The van der Waals surface area contributed by atoms with Crippen LogP contribution in [0, 0.1) is 11.8 Å². The number of carbonyl (C=O) groups is 1. The molecule has 1 saturated carbocycles. The Bertz CT molecular complexity index is 267. The average molecular weight is 239 g/mol. The minimum atomic E-state index is -0.620. The zero-order valence-corrected chi connectivity index (χ0v) is 10.9. The summed E-state index contributed by atoms with van der Waals surface area (Å²) in [5.41, 5.74) is 0. The van der Waals surface area contributed by atoms with E-state index in [1.54, 1.807) is 0 Å². The van der Waals surface area contributed by atoms with Gasteiger partial charge in [-0.1, -0.05) is 26.2 Å². The van der Waals surface area contributed by atoms with Crippen LogP contribution >= 0.6 is 0 Å². The van der Waals surface area contributed by atoms with E-state index in [1.165, 1.54) is 32.1 Å². The molecule has 17 heavy (non-hydrogen) atoms. The molecule has 0 aromatic heterocycles. The highest BCUT2D eigenvalue weighted by Crippen LogP contribution is 2.32. The second kappa shape index (κ2) is 5.85. The Kier molecular flexibility index (Phi) is 4.43. The van der Waals surface area contributed by atoms with Crippen molar-refractivity contribution in [2.45, 2.75) is 57.9 Å². The Morgan fingerprint density at radius 1 is 1.24 bits per heavy atom. The number of carboxylic acid groups (broad SMARTS) is 1. The Morgan fingerprint density at radius 3 is 2.71 bits per heavy atom. The lowest BCUT2D eigenvalue weighted by atomic mass is 9.80. The Morgan fingerprint density at radius 2 is 2.00 bits per heavy atom. The van der Waals surface area contributed by atoms with Crippen molar-refractivity contribution in [3.05, 3.63) is 0 Å². The fourth-order valence-corrected chi connectivity index (χ4v) is 3.59. The second-order valence-corrected chi connectivity index (χ2v) is 5.80. The smallest absolute Gasteiger partial charge is 0.320 e. The topological polar surface area (TPSA) is 40.5 Å². The molecular formula is C14H25NO2. The van der Waals surface area contributed by atoms with Gasteiger partial charge in [-0.2, -0.15) is 0 Å². The largest absolute Gasteiger partial charge is 0.480 e. The van der Waals surface area contributed by atoms with E-state index in [0.29, 0.717) is 0 Å². The Balaban J connectivity index is 1.85. The zero-order valence-electron chi connectivity index (χ0n) is 10.9. The molecule has 1 aliphatic heterocycles. The van der Waals surface area contributed by atoms with E-state index < -0.39 is 5.97 Å². The summed E-state index contributed by atoms with van der Waals surface area (Å²) in [6.07, 6.45) is 8.54. The summed E-state index contributed by atoms with van der Waals surface area (Å²) in [5.74, 6) is 1.01. The van der Waals surface area contributed by atoms with Crippen molar-refractivity contribution in [1.29, 1.82) is 0 Å². The number of carboxylic acids is 1. The fourth-order valence-electron chi connectivity index (χ4n) is 3.59. The van der Waals surface area contributed by atoms with Crippen LogP contribution in [0.25, 0.3) is 0 Å². The molecule has 0 spiro atoms. The van der Waals surface area contributed by atoms with E-state index in [1.807, 2.05) is 0 Å². The molecule has 2 rings (SSSR count). The zero-order chi connectivity index (χ0) is 12.3. The van der Waals surface area contributed by atoms with Gasteiger partial charge in [-0.15, -0.1) is 0 Å². The van der Waals surface area contributed by atoms with Gasteiger partial charge in [0.25, 0.3) is 0 Å². The van der Waals surface area contributed by atoms with Crippen LogP contribution in [0.4, 0.5) is 0 Å². The van der Waals surface area contributed by atoms with E-state index in [2.05, 4.69) is 11.8 Å². The molecule has 1 N–H and O–H groups in total. The average Bonchev–Trinajstić information content (AvgIpc) is 2.77. The van der Waals surface area contributed by atoms with Crippen molar-refractivity contribution in [3.8, 4) is 0 Å². The summed E-state index contributed by atoms with van der Waals surface area (Å²) in [6, 6.07) is -0.197. The third kappa shape index (κ3) is 3.21. The first-order chi connectivity index (χ1) is 8.20. The maximum Gasteiger partial charge on any atom is 0.320 e. The van der Waals surface area contributed by atoms with Crippen molar-refractivity contribution in [1.82, 2.24) is 4.90 Å². The molecule has 98 valence electrons. The maximum atomic E-state index is 11.1. The molecule has 3 heteroatoms. The number of nitrogens with zero attached hydrogens (tertiary/aromatic N) is 1. The van der Waals surface area contributed by atoms with Crippen molar-refractivity contribution in [2.75, 3.05) is 13.1 Å². The van der Waals surface area contributed by atoms with Gasteiger partial charge in [0.1, 0.15) is 6.04 Å². The SMILES string of the molecule is CCC1CCCC(CN2CCCC2C(=O)O)C1. The molecule has 0 amide bonds. The van der Waals surface area contributed by atoms with Crippen LogP contribution in [0.2, 0.25) is 0 Å². The number of aliphatic carboxylic acids is 1. The first-order valence-electron chi connectivity index (χ1n) is 7.17. The molecule has 3 atom stereocenters. The third-order valence-electron chi connectivity index (χ3n) is 4.61. The summed E-state index contributed by atoms with van der Waals surface area (Å²) in [4.78, 5) is 13.3. The predicted molar refractivity (Wildman–Crippen MR) is 68.0 cm³/mol. The van der Waals surface area contributed by atoms with Gasteiger partial charge in [0.2, 0.25) is 0 Å². The van der Waals surface area contributed by atoms with Crippen LogP contribution < -0.4 is 0 Å². The van der Waals surface area contributed by atoms with Gasteiger partial charge in [-0.3, -0.25) is 9.69 Å². The molecule has 0 radical (unpaired) electrons. The fraction of sp³-hybridized carbons (Fsp3) is 0.929. The van der Waals surface area contributed by atoms with Gasteiger partial charge in [0.05, 0.1) is 0 Å². The van der Waals surface area contributed by atoms with Gasteiger partial charge < -0.3 is 5.11 Å². The molecule has 0 bridgehead atoms. The standard InChI is InChI=1S/C14H25NO2/c1-2-11-5-3-6-12(9-11)10-15-8-4-7-13(15)14(16)17/h11-13H,2-10H2,1H3,(H,16,17). The minimum Gasteiger partial charge on any atom is -0.480 e. The first-order valence-corrected chi connectivity index (χ1v) is 7.17. The summed E-state index contributed by atoms with van der Waals surface area (Å²) in [7, 11) is 0. The van der Waals surface area contributed by atoms with Gasteiger partial charge in [-0.05, 0) is 44.1 Å². The third-order valence-corrected chi connectivity index (χ3v) is 4.61. The van der Waals surface area contributed by atoms with Crippen LogP contribution in [-0.4, -0.2) is 35.1 Å². The molecular weight excluding hydrogens is 214 g/mol. The molecule has 1 saturated heterocycles. The summed E-state index contributed by atoms with van der Waals surface area (Å²) in [6.45, 7) is 4.29. The molecule has 3 unspecified atom stereocenters. The minimum absolute atomic E-state index is 0.197. The summed E-state index contributed by atoms with van der Waals surface area (Å²) in [5, 5.41) is 9.17. The van der Waals surface area contributed by atoms with Crippen molar-refractivity contribution >= 4 is 5.97 Å². The summed E-state index contributed by atoms with van der Waals surface area (Å²) >= 11 is 0. The number of likely N-dealkylation sites (tertiary alicyclic amines) is 1. The summed E-state index contributed by atoms with van der Waals surface area (Å²) < 4.78 is 0. The van der Waals surface area contributed by atoms with Gasteiger partial charge in [0.15, 0.2) is 0 Å². The van der Waals surface area contributed by atoms with E-state index in [0.717, 1.165) is 37.8 Å². The van der Waals surface area contributed by atoms with E-state index >= 15 is 0 Å². The Hall–Kier alpha value is -0.570. The van der Waals surface area contributed by atoms with Crippen LogP contribution in [-0.2, 0) is 4.79 Å². The molecule has 0 aromatic rings. The van der Waals surface area contributed by atoms with Gasteiger partial charge in [-0.25, -0.2) is 0 Å². The number of rotatable bonds is 4. The molecule has 2 fully saturated rings. The second-order valence-electron chi connectivity index (χ2n) is 5.80. The van der Waals surface area contributed by atoms with E-state index in [4.69, 9.17) is 5.11 Å². The van der Waals surface area contributed by atoms with Crippen LogP contribution in [0.15, 0.2) is 0 Å². The lowest BCUT2D eigenvalue weighted by Crippen LogP contribution is -2.40.